The van der Waals surface area contributed by atoms with Gasteiger partial charge in [0.25, 0.3) is 0 Å². The molecule has 0 aliphatic carbocycles. The Morgan fingerprint density at radius 3 is 3.29 bits per heavy atom. The van der Waals surface area contributed by atoms with Crippen molar-refractivity contribution in [1.29, 1.82) is 0 Å². The number of hydrogen-bond donors (Lipinski definition) is 1. The normalized spacial score (nSPS) is 19.9. The van der Waals surface area contributed by atoms with E-state index in [4.69, 9.17) is 4.74 Å². The molecule has 5 heteroatoms. The topological polar surface area (TPSA) is 51.5 Å². The molecule has 90 valence electrons. The van der Waals surface area contributed by atoms with Gasteiger partial charge < -0.3 is 10.1 Å². The second-order valence-electron chi connectivity index (χ2n) is 4.29. The molecule has 1 unspecified atom stereocenters. The van der Waals surface area contributed by atoms with Crippen molar-refractivity contribution >= 4 is 11.6 Å². The maximum Gasteiger partial charge on any atom is 0.243 e. The molecule has 1 N–H and O–H groups in total. The summed E-state index contributed by atoms with van der Waals surface area (Å²) in [6.07, 6.45) is 5.71. The van der Waals surface area contributed by atoms with Crippen molar-refractivity contribution < 1.29 is 4.74 Å². The van der Waals surface area contributed by atoms with Crippen LogP contribution in [0.3, 0.4) is 0 Å². The highest BCUT2D eigenvalue weighted by atomic mass is 16.5. The maximum absolute atomic E-state index is 5.56. The number of rotatable bonds is 4. The van der Waals surface area contributed by atoms with Crippen LogP contribution < -0.4 is 5.32 Å². The largest absolute Gasteiger partial charge is 0.378 e. The van der Waals surface area contributed by atoms with Crippen LogP contribution in [0.15, 0.2) is 24.4 Å². The summed E-state index contributed by atoms with van der Waals surface area (Å²) in [5.41, 5.74) is 0.868. The van der Waals surface area contributed by atoms with Gasteiger partial charge in [-0.15, -0.1) is 5.10 Å². The summed E-state index contributed by atoms with van der Waals surface area (Å²) < 4.78 is 7.34. The van der Waals surface area contributed by atoms with Crippen molar-refractivity contribution in [3.8, 4) is 0 Å². The Morgan fingerprint density at radius 2 is 2.47 bits per heavy atom. The molecule has 1 aliphatic heterocycles. The van der Waals surface area contributed by atoms with Crippen molar-refractivity contribution in [2.75, 3.05) is 18.5 Å². The van der Waals surface area contributed by atoms with Crippen LogP contribution in [0.5, 0.6) is 0 Å². The number of hydrogen-bond acceptors (Lipinski definition) is 4. The molecular formula is C12H16N4O. The average molecular weight is 232 g/mol. The first-order chi connectivity index (χ1) is 8.42. The summed E-state index contributed by atoms with van der Waals surface area (Å²) in [5, 5.41) is 7.57. The summed E-state index contributed by atoms with van der Waals surface area (Å²) in [5.74, 6) is 0.689. The third-order valence-corrected chi connectivity index (χ3v) is 3.01. The van der Waals surface area contributed by atoms with Gasteiger partial charge >= 0.3 is 0 Å². The molecule has 1 saturated heterocycles. The zero-order valence-corrected chi connectivity index (χ0v) is 9.67. The number of nitrogens with zero attached hydrogens (tertiary/aromatic N) is 3. The van der Waals surface area contributed by atoms with E-state index in [1.54, 1.807) is 4.52 Å². The quantitative estimate of drug-likeness (QED) is 0.872. The SMILES string of the molecule is c1ccn2nc(NCCC3CCCO3)nc2c1. The van der Waals surface area contributed by atoms with Crippen LogP contribution >= 0.6 is 0 Å². The third-order valence-electron chi connectivity index (χ3n) is 3.01. The molecule has 2 aromatic rings. The molecule has 1 aliphatic rings. The Labute approximate surface area is 99.8 Å². The fourth-order valence-electron chi connectivity index (χ4n) is 2.12. The molecule has 3 heterocycles. The van der Waals surface area contributed by atoms with Gasteiger partial charge in [0.2, 0.25) is 5.95 Å². The molecule has 0 saturated carbocycles. The lowest BCUT2D eigenvalue weighted by Crippen LogP contribution is -2.13. The van der Waals surface area contributed by atoms with E-state index in [0.29, 0.717) is 12.1 Å². The van der Waals surface area contributed by atoms with E-state index in [1.165, 1.54) is 12.8 Å². The number of pyridine rings is 1. The predicted octanol–water partition coefficient (Wildman–Crippen LogP) is 1.71. The van der Waals surface area contributed by atoms with Crippen LogP contribution in [0.2, 0.25) is 0 Å². The number of fused-ring (bicyclic) bond motifs is 1. The lowest BCUT2D eigenvalue weighted by atomic mass is 10.2. The van der Waals surface area contributed by atoms with Crippen molar-refractivity contribution in [3.63, 3.8) is 0 Å². The Bertz CT molecular complexity index is 457. The second kappa shape index (κ2) is 4.71. The van der Waals surface area contributed by atoms with Crippen LogP contribution in [0.25, 0.3) is 5.65 Å². The molecule has 1 fully saturated rings. The van der Waals surface area contributed by atoms with Crippen LogP contribution in [-0.2, 0) is 4.74 Å². The molecular weight excluding hydrogens is 216 g/mol. The first-order valence-electron chi connectivity index (χ1n) is 6.09. The highest BCUT2D eigenvalue weighted by Gasteiger charge is 2.14. The van der Waals surface area contributed by atoms with Gasteiger partial charge in [0.1, 0.15) is 0 Å². The molecule has 0 amide bonds. The molecule has 5 nitrogen and oxygen atoms in total. The lowest BCUT2D eigenvalue weighted by Gasteiger charge is -2.08. The summed E-state index contributed by atoms with van der Waals surface area (Å²) >= 11 is 0. The Balaban J connectivity index is 1.57. The van der Waals surface area contributed by atoms with E-state index in [2.05, 4.69) is 15.4 Å². The van der Waals surface area contributed by atoms with Gasteiger partial charge in [-0.25, -0.2) is 4.52 Å². The van der Waals surface area contributed by atoms with Crippen molar-refractivity contribution in [1.82, 2.24) is 14.6 Å². The molecule has 0 bridgehead atoms. The summed E-state index contributed by atoms with van der Waals surface area (Å²) in [4.78, 5) is 4.38. The first kappa shape index (κ1) is 10.5. The van der Waals surface area contributed by atoms with Crippen LogP contribution in [-0.4, -0.2) is 33.9 Å². The van der Waals surface area contributed by atoms with Crippen LogP contribution in [0, 0.1) is 0 Å². The fraction of sp³-hybridized carbons (Fsp3) is 0.500. The van der Waals surface area contributed by atoms with E-state index in [-0.39, 0.29) is 0 Å². The molecule has 0 radical (unpaired) electrons. The summed E-state index contributed by atoms with van der Waals surface area (Å²) in [6.45, 7) is 1.78. The highest BCUT2D eigenvalue weighted by molar-refractivity contribution is 5.42. The zero-order chi connectivity index (χ0) is 11.5. The van der Waals surface area contributed by atoms with Gasteiger partial charge in [-0.2, -0.15) is 4.98 Å². The van der Waals surface area contributed by atoms with E-state index < -0.39 is 0 Å². The average Bonchev–Trinajstić information content (AvgIpc) is 2.96. The van der Waals surface area contributed by atoms with Crippen molar-refractivity contribution in [2.45, 2.75) is 25.4 Å². The lowest BCUT2D eigenvalue weighted by molar-refractivity contribution is 0.107. The number of anilines is 1. The van der Waals surface area contributed by atoms with E-state index >= 15 is 0 Å². The third kappa shape index (κ3) is 2.39. The monoisotopic (exact) mass is 232 g/mol. The Hall–Kier alpha value is -1.62. The predicted molar refractivity (Wildman–Crippen MR) is 65.1 cm³/mol. The maximum atomic E-state index is 5.56. The summed E-state index contributed by atoms with van der Waals surface area (Å²) in [7, 11) is 0. The minimum atomic E-state index is 0.416. The standard InChI is InChI=1S/C12H16N4O/c1-2-8-16-11(5-1)14-12(15-16)13-7-6-10-4-3-9-17-10/h1-2,5,8,10H,3-4,6-7,9H2,(H,13,15). The molecule has 0 spiro atoms. The van der Waals surface area contributed by atoms with E-state index in [9.17, 15) is 0 Å². The molecule has 0 aromatic carbocycles. The molecule has 2 aromatic heterocycles. The second-order valence-corrected chi connectivity index (χ2v) is 4.29. The number of ether oxygens (including phenoxy) is 1. The van der Waals surface area contributed by atoms with E-state index in [0.717, 1.165) is 25.2 Å². The van der Waals surface area contributed by atoms with Gasteiger partial charge in [0.05, 0.1) is 6.10 Å². The van der Waals surface area contributed by atoms with E-state index in [1.807, 2.05) is 24.4 Å². The fourth-order valence-corrected chi connectivity index (χ4v) is 2.12. The van der Waals surface area contributed by atoms with Crippen LogP contribution in [0.1, 0.15) is 19.3 Å². The van der Waals surface area contributed by atoms with Crippen LogP contribution in [0.4, 0.5) is 5.95 Å². The molecule has 3 rings (SSSR count). The minimum absolute atomic E-state index is 0.416. The smallest absolute Gasteiger partial charge is 0.243 e. The highest BCUT2D eigenvalue weighted by Crippen LogP contribution is 2.15. The van der Waals surface area contributed by atoms with Crippen molar-refractivity contribution in [2.24, 2.45) is 0 Å². The molecule has 1 atom stereocenters. The van der Waals surface area contributed by atoms with Gasteiger partial charge in [0, 0.05) is 19.3 Å². The molecule has 17 heavy (non-hydrogen) atoms. The zero-order valence-electron chi connectivity index (χ0n) is 9.67. The van der Waals surface area contributed by atoms with Gasteiger partial charge in [-0.3, -0.25) is 0 Å². The van der Waals surface area contributed by atoms with Gasteiger partial charge in [0.15, 0.2) is 5.65 Å². The Morgan fingerprint density at radius 1 is 1.47 bits per heavy atom. The minimum Gasteiger partial charge on any atom is -0.378 e. The first-order valence-corrected chi connectivity index (χ1v) is 6.09. The Kier molecular flexibility index (Phi) is 2.92. The number of aromatic nitrogens is 3. The van der Waals surface area contributed by atoms with Crippen molar-refractivity contribution in [3.05, 3.63) is 24.4 Å². The summed E-state index contributed by atoms with van der Waals surface area (Å²) in [6, 6.07) is 5.84. The van der Waals surface area contributed by atoms with Gasteiger partial charge in [-0.1, -0.05) is 6.07 Å². The van der Waals surface area contributed by atoms with Gasteiger partial charge in [-0.05, 0) is 31.4 Å². The number of nitrogens with one attached hydrogen (secondary N) is 1.